The van der Waals surface area contributed by atoms with Gasteiger partial charge in [0.25, 0.3) is 0 Å². The first-order chi connectivity index (χ1) is 9.22. The van der Waals surface area contributed by atoms with E-state index in [4.69, 9.17) is 5.26 Å². The molecule has 0 aliphatic heterocycles. The molecule has 0 fully saturated rings. The van der Waals surface area contributed by atoms with Crippen LogP contribution in [0.25, 0.3) is 0 Å². The molecule has 0 amide bonds. The molecule has 0 unspecified atom stereocenters. The summed E-state index contributed by atoms with van der Waals surface area (Å²) in [6.45, 7) is 0.604. The Kier molecular flexibility index (Phi) is 3.94. The van der Waals surface area contributed by atoms with Crippen molar-refractivity contribution in [2.24, 2.45) is 0 Å². The number of hydrogen-bond donors (Lipinski definition) is 0. The molecule has 5 nitrogen and oxygen atoms in total. The number of methoxy groups -OCH3 is 1. The summed E-state index contributed by atoms with van der Waals surface area (Å²) in [6, 6.07) is 9.25. The van der Waals surface area contributed by atoms with Crippen molar-refractivity contribution in [2.45, 2.75) is 13.0 Å². The maximum atomic E-state index is 11.3. The number of nitriles is 1. The number of carbonyl (C=O) groups is 1. The Hall–Kier alpha value is -2.61. The van der Waals surface area contributed by atoms with E-state index in [1.165, 1.54) is 7.11 Å². The average molecular weight is 255 g/mol. The van der Waals surface area contributed by atoms with E-state index in [1.807, 2.05) is 18.3 Å². The van der Waals surface area contributed by atoms with Gasteiger partial charge in [0.05, 0.1) is 37.9 Å². The second-order valence-corrected chi connectivity index (χ2v) is 4.07. The van der Waals surface area contributed by atoms with Gasteiger partial charge in [-0.1, -0.05) is 12.1 Å². The van der Waals surface area contributed by atoms with E-state index >= 15 is 0 Å². The maximum absolute atomic E-state index is 11.3. The molecule has 1 aromatic carbocycles. The summed E-state index contributed by atoms with van der Waals surface area (Å²) in [5.74, 6) is -0.345. The predicted molar refractivity (Wildman–Crippen MR) is 68.4 cm³/mol. The molecule has 0 spiro atoms. The Morgan fingerprint density at radius 3 is 2.74 bits per heavy atom. The van der Waals surface area contributed by atoms with Gasteiger partial charge in [-0.25, -0.2) is 4.79 Å². The molecule has 19 heavy (non-hydrogen) atoms. The lowest BCUT2D eigenvalue weighted by Crippen LogP contribution is -2.03. The quantitative estimate of drug-likeness (QED) is 0.781. The van der Waals surface area contributed by atoms with Crippen LogP contribution in [0.15, 0.2) is 36.7 Å². The molecule has 0 saturated heterocycles. The minimum absolute atomic E-state index is 0.345. The standard InChI is InChI=1S/C14H13N3O2/c1-19-14(18)13-4-2-11(3-5-13)9-17-10-12(6-7-15)8-16-17/h2-5,8,10H,6,9H2,1H3. The SMILES string of the molecule is COC(=O)c1ccc(Cn2cc(CC#N)cn2)cc1. The smallest absolute Gasteiger partial charge is 0.337 e. The highest BCUT2D eigenvalue weighted by Gasteiger charge is 2.05. The number of rotatable bonds is 4. The summed E-state index contributed by atoms with van der Waals surface area (Å²) >= 11 is 0. The fourth-order valence-corrected chi connectivity index (χ4v) is 1.73. The Bertz CT molecular complexity index is 608. The van der Waals surface area contributed by atoms with Gasteiger partial charge in [-0.3, -0.25) is 4.68 Å². The third kappa shape index (κ3) is 3.19. The third-order valence-corrected chi connectivity index (χ3v) is 2.69. The van der Waals surface area contributed by atoms with Gasteiger partial charge in [-0.15, -0.1) is 0 Å². The van der Waals surface area contributed by atoms with Crippen LogP contribution >= 0.6 is 0 Å². The molecule has 2 rings (SSSR count). The minimum Gasteiger partial charge on any atom is -0.465 e. The highest BCUT2D eigenvalue weighted by molar-refractivity contribution is 5.89. The maximum Gasteiger partial charge on any atom is 0.337 e. The molecule has 2 aromatic rings. The van der Waals surface area contributed by atoms with Gasteiger partial charge in [0.2, 0.25) is 0 Å². The number of carbonyl (C=O) groups excluding carboxylic acids is 1. The number of nitrogens with zero attached hydrogens (tertiary/aromatic N) is 3. The van der Waals surface area contributed by atoms with Crippen LogP contribution in [0, 0.1) is 11.3 Å². The molecule has 0 atom stereocenters. The van der Waals surface area contributed by atoms with E-state index in [0.29, 0.717) is 18.5 Å². The number of aromatic nitrogens is 2. The fourth-order valence-electron chi connectivity index (χ4n) is 1.73. The van der Waals surface area contributed by atoms with Crippen LogP contribution in [0.5, 0.6) is 0 Å². The molecule has 0 radical (unpaired) electrons. The Labute approximate surface area is 111 Å². The minimum atomic E-state index is -0.345. The van der Waals surface area contributed by atoms with Gasteiger partial charge >= 0.3 is 5.97 Å². The summed E-state index contributed by atoms with van der Waals surface area (Å²) in [4.78, 5) is 11.3. The van der Waals surface area contributed by atoms with Gasteiger partial charge in [0.15, 0.2) is 0 Å². The van der Waals surface area contributed by atoms with Crippen molar-refractivity contribution >= 4 is 5.97 Å². The zero-order valence-electron chi connectivity index (χ0n) is 10.5. The van der Waals surface area contributed by atoms with Crippen LogP contribution in [-0.4, -0.2) is 22.9 Å². The lowest BCUT2D eigenvalue weighted by atomic mass is 10.1. The van der Waals surface area contributed by atoms with Crippen LogP contribution in [0.3, 0.4) is 0 Å². The zero-order chi connectivity index (χ0) is 13.7. The fraction of sp³-hybridized carbons (Fsp3) is 0.214. The van der Waals surface area contributed by atoms with Gasteiger partial charge in [-0.2, -0.15) is 10.4 Å². The van der Waals surface area contributed by atoms with Crippen molar-refractivity contribution in [2.75, 3.05) is 7.11 Å². The van der Waals surface area contributed by atoms with E-state index < -0.39 is 0 Å². The molecule has 0 bridgehead atoms. The van der Waals surface area contributed by atoms with E-state index in [9.17, 15) is 4.79 Å². The van der Waals surface area contributed by atoms with Crippen LogP contribution in [0.1, 0.15) is 21.5 Å². The second-order valence-electron chi connectivity index (χ2n) is 4.07. The molecule has 1 aromatic heterocycles. The van der Waals surface area contributed by atoms with E-state index in [0.717, 1.165) is 11.1 Å². The van der Waals surface area contributed by atoms with Crippen molar-refractivity contribution in [3.8, 4) is 6.07 Å². The molecule has 96 valence electrons. The average Bonchev–Trinajstić information content (AvgIpc) is 2.86. The number of hydrogen-bond acceptors (Lipinski definition) is 4. The summed E-state index contributed by atoms with van der Waals surface area (Å²) in [7, 11) is 1.36. The normalized spacial score (nSPS) is 9.89. The number of ether oxygens (including phenoxy) is 1. The zero-order valence-corrected chi connectivity index (χ0v) is 10.5. The van der Waals surface area contributed by atoms with Crippen molar-refractivity contribution < 1.29 is 9.53 Å². The van der Waals surface area contributed by atoms with E-state index in [-0.39, 0.29) is 5.97 Å². The van der Waals surface area contributed by atoms with Crippen molar-refractivity contribution in [3.63, 3.8) is 0 Å². The first-order valence-electron chi connectivity index (χ1n) is 5.78. The van der Waals surface area contributed by atoms with Gasteiger partial charge in [0.1, 0.15) is 0 Å². The van der Waals surface area contributed by atoms with Crippen LogP contribution in [-0.2, 0) is 17.7 Å². The van der Waals surface area contributed by atoms with Gasteiger partial charge < -0.3 is 4.74 Å². The van der Waals surface area contributed by atoms with Crippen LogP contribution in [0.4, 0.5) is 0 Å². The molecule has 1 heterocycles. The van der Waals surface area contributed by atoms with Gasteiger partial charge in [-0.05, 0) is 17.7 Å². The monoisotopic (exact) mass is 255 g/mol. The van der Waals surface area contributed by atoms with E-state index in [2.05, 4.69) is 15.9 Å². The second kappa shape index (κ2) is 5.83. The Morgan fingerprint density at radius 2 is 2.11 bits per heavy atom. The van der Waals surface area contributed by atoms with Crippen LogP contribution < -0.4 is 0 Å². The van der Waals surface area contributed by atoms with Crippen molar-refractivity contribution in [3.05, 3.63) is 53.3 Å². The third-order valence-electron chi connectivity index (χ3n) is 2.69. The van der Waals surface area contributed by atoms with E-state index in [1.54, 1.807) is 23.0 Å². The molecule has 0 aliphatic rings. The summed E-state index contributed by atoms with van der Waals surface area (Å²) < 4.78 is 6.40. The summed E-state index contributed by atoms with van der Waals surface area (Å²) in [5, 5.41) is 12.8. The first kappa shape index (κ1) is 12.8. The predicted octanol–water partition coefficient (Wildman–Crippen LogP) is 1.78. The topological polar surface area (TPSA) is 67.9 Å². The molecule has 0 saturated carbocycles. The highest BCUT2D eigenvalue weighted by atomic mass is 16.5. The Balaban J connectivity index is 2.06. The highest BCUT2D eigenvalue weighted by Crippen LogP contribution is 2.08. The van der Waals surface area contributed by atoms with Gasteiger partial charge in [0, 0.05) is 11.8 Å². The number of benzene rings is 1. The molecule has 5 heteroatoms. The largest absolute Gasteiger partial charge is 0.465 e. The van der Waals surface area contributed by atoms with Crippen molar-refractivity contribution in [1.29, 1.82) is 5.26 Å². The lowest BCUT2D eigenvalue weighted by molar-refractivity contribution is 0.0600. The molecule has 0 N–H and O–H groups in total. The van der Waals surface area contributed by atoms with Crippen LogP contribution in [0.2, 0.25) is 0 Å². The van der Waals surface area contributed by atoms with Crippen molar-refractivity contribution in [1.82, 2.24) is 9.78 Å². The molecular weight excluding hydrogens is 242 g/mol. The molecular formula is C14H13N3O2. The Morgan fingerprint density at radius 1 is 1.37 bits per heavy atom. The summed E-state index contributed by atoms with van der Waals surface area (Å²) in [5.41, 5.74) is 2.45. The summed E-state index contributed by atoms with van der Waals surface area (Å²) in [6.07, 6.45) is 3.89. The lowest BCUT2D eigenvalue weighted by Gasteiger charge is -2.03. The molecule has 0 aliphatic carbocycles. The first-order valence-corrected chi connectivity index (χ1v) is 5.78. The number of esters is 1.